The van der Waals surface area contributed by atoms with E-state index in [1.807, 2.05) is 11.6 Å². The van der Waals surface area contributed by atoms with Gasteiger partial charge in [0.25, 0.3) is 0 Å². The second-order valence-electron chi connectivity index (χ2n) is 5.65. The van der Waals surface area contributed by atoms with E-state index in [1.165, 1.54) is 25.7 Å². The highest BCUT2D eigenvalue weighted by Crippen LogP contribution is 2.14. The van der Waals surface area contributed by atoms with Crippen molar-refractivity contribution in [2.24, 2.45) is 0 Å². The molecular weight excluding hydrogens is 266 g/mol. The van der Waals surface area contributed by atoms with E-state index in [4.69, 9.17) is 0 Å². The Labute approximate surface area is 126 Å². The zero-order valence-electron chi connectivity index (χ0n) is 13.2. The fraction of sp³-hybridized carbons (Fsp3) is 0.800. The summed E-state index contributed by atoms with van der Waals surface area (Å²) in [7, 11) is 0. The monoisotopic (exact) mass is 293 g/mol. The highest BCUT2D eigenvalue weighted by molar-refractivity contribution is 5.78. The molecule has 0 aliphatic carbocycles. The van der Waals surface area contributed by atoms with E-state index in [9.17, 15) is 4.79 Å². The summed E-state index contributed by atoms with van der Waals surface area (Å²) in [6, 6.07) is -0.0491. The quantitative estimate of drug-likeness (QED) is 0.868. The molecule has 1 aromatic rings. The summed E-state index contributed by atoms with van der Waals surface area (Å²) in [4.78, 5) is 18.8. The van der Waals surface area contributed by atoms with E-state index in [0.717, 1.165) is 31.9 Å². The van der Waals surface area contributed by atoms with Crippen molar-refractivity contribution < 1.29 is 4.79 Å². The van der Waals surface area contributed by atoms with Crippen LogP contribution in [0.2, 0.25) is 0 Å². The first-order valence-corrected chi connectivity index (χ1v) is 8.14. The van der Waals surface area contributed by atoms with E-state index < -0.39 is 0 Å². The number of aromatic nitrogens is 3. The SMILES string of the molecule is CC[C@H](NC(=O)CN1CCCCCC1)c1ncnn1CC. The topological polar surface area (TPSA) is 63.1 Å². The molecule has 6 nitrogen and oxygen atoms in total. The molecule has 1 fully saturated rings. The average molecular weight is 293 g/mol. The van der Waals surface area contributed by atoms with Crippen LogP contribution in [0.5, 0.6) is 0 Å². The number of rotatable bonds is 6. The summed E-state index contributed by atoms with van der Waals surface area (Å²) < 4.78 is 1.85. The van der Waals surface area contributed by atoms with Crippen LogP contribution in [0.1, 0.15) is 57.8 Å². The van der Waals surface area contributed by atoms with E-state index in [1.54, 1.807) is 6.33 Å². The van der Waals surface area contributed by atoms with Gasteiger partial charge in [0.2, 0.25) is 5.91 Å². The van der Waals surface area contributed by atoms with Crippen molar-refractivity contribution in [3.05, 3.63) is 12.2 Å². The Hall–Kier alpha value is -1.43. The Morgan fingerprint density at radius 2 is 2.00 bits per heavy atom. The lowest BCUT2D eigenvalue weighted by atomic mass is 10.2. The fourth-order valence-electron chi connectivity index (χ4n) is 2.87. The van der Waals surface area contributed by atoms with Gasteiger partial charge in [-0.05, 0) is 39.3 Å². The van der Waals surface area contributed by atoms with Gasteiger partial charge in [-0.25, -0.2) is 9.67 Å². The van der Waals surface area contributed by atoms with Gasteiger partial charge < -0.3 is 5.32 Å². The van der Waals surface area contributed by atoms with Crippen LogP contribution in [0.25, 0.3) is 0 Å². The molecule has 1 saturated heterocycles. The third kappa shape index (κ3) is 4.52. The summed E-state index contributed by atoms with van der Waals surface area (Å²) >= 11 is 0. The third-order valence-corrected chi connectivity index (χ3v) is 4.07. The van der Waals surface area contributed by atoms with Gasteiger partial charge in [0, 0.05) is 6.54 Å². The minimum atomic E-state index is -0.0491. The first-order valence-electron chi connectivity index (χ1n) is 8.14. The molecule has 0 unspecified atom stereocenters. The van der Waals surface area contributed by atoms with Crippen LogP contribution < -0.4 is 5.32 Å². The first-order chi connectivity index (χ1) is 10.2. The van der Waals surface area contributed by atoms with Gasteiger partial charge >= 0.3 is 0 Å². The number of hydrogen-bond acceptors (Lipinski definition) is 4. The van der Waals surface area contributed by atoms with Crippen LogP contribution in [0, 0.1) is 0 Å². The fourth-order valence-corrected chi connectivity index (χ4v) is 2.87. The Bertz CT molecular complexity index is 437. The molecule has 0 saturated carbocycles. The Morgan fingerprint density at radius 1 is 1.29 bits per heavy atom. The lowest BCUT2D eigenvalue weighted by Crippen LogP contribution is -2.39. The van der Waals surface area contributed by atoms with Crippen LogP contribution in [-0.4, -0.2) is 45.2 Å². The molecule has 1 aliphatic rings. The van der Waals surface area contributed by atoms with Gasteiger partial charge in [-0.2, -0.15) is 5.10 Å². The minimum absolute atomic E-state index is 0.0491. The molecule has 1 N–H and O–H groups in total. The van der Waals surface area contributed by atoms with Crippen molar-refractivity contribution in [1.82, 2.24) is 25.0 Å². The van der Waals surface area contributed by atoms with E-state index in [0.29, 0.717) is 6.54 Å². The zero-order valence-corrected chi connectivity index (χ0v) is 13.2. The van der Waals surface area contributed by atoms with Crippen molar-refractivity contribution in [1.29, 1.82) is 0 Å². The number of carbonyl (C=O) groups excluding carboxylic acids is 1. The van der Waals surface area contributed by atoms with Crippen LogP contribution in [0.15, 0.2) is 6.33 Å². The molecule has 6 heteroatoms. The van der Waals surface area contributed by atoms with Gasteiger partial charge in [0.1, 0.15) is 12.2 Å². The summed E-state index contributed by atoms with van der Waals surface area (Å²) in [5.41, 5.74) is 0. The van der Waals surface area contributed by atoms with Crippen LogP contribution in [-0.2, 0) is 11.3 Å². The van der Waals surface area contributed by atoms with Gasteiger partial charge in [-0.15, -0.1) is 0 Å². The molecule has 118 valence electrons. The minimum Gasteiger partial charge on any atom is -0.345 e. The van der Waals surface area contributed by atoms with Crippen molar-refractivity contribution in [3.63, 3.8) is 0 Å². The molecule has 0 radical (unpaired) electrons. The van der Waals surface area contributed by atoms with Crippen LogP contribution >= 0.6 is 0 Å². The highest BCUT2D eigenvalue weighted by Gasteiger charge is 2.20. The lowest BCUT2D eigenvalue weighted by molar-refractivity contribution is -0.123. The number of nitrogens with zero attached hydrogens (tertiary/aromatic N) is 4. The Balaban J connectivity index is 1.90. The number of likely N-dealkylation sites (tertiary alicyclic amines) is 1. The maximum atomic E-state index is 12.3. The van der Waals surface area contributed by atoms with Crippen LogP contribution in [0.4, 0.5) is 0 Å². The van der Waals surface area contributed by atoms with Gasteiger partial charge in [0.15, 0.2) is 0 Å². The molecule has 2 rings (SSSR count). The normalized spacial score (nSPS) is 18.2. The Kier molecular flexibility index (Phi) is 6.17. The molecule has 0 aromatic carbocycles. The summed E-state index contributed by atoms with van der Waals surface area (Å²) in [5.74, 6) is 0.943. The van der Waals surface area contributed by atoms with Crippen molar-refractivity contribution in [2.75, 3.05) is 19.6 Å². The van der Waals surface area contributed by atoms with E-state index in [-0.39, 0.29) is 11.9 Å². The maximum absolute atomic E-state index is 12.3. The van der Waals surface area contributed by atoms with Crippen molar-refractivity contribution >= 4 is 5.91 Å². The summed E-state index contributed by atoms with van der Waals surface area (Å²) in [6.07, 6.45) is 7.36. The third-order valence-electron chi connectivity index (χ3n) is 4.07. The molecule has 1 aliphatic heterocycles. The predicted octanol–water partition coefficient (Wildman–Crippen LogP) is 1.74. The molecule has 1 amide bonds. The van der Waals surface area contributed by atoms with E-state index in [2.05, 4.69) is 27.2 Å². The maximum Gasteiger partial charge on any atom is 0.234 e. The molecule has 2 heterocycles. The number of amides is 1. The average Bonchev–Trinajstić information content (AvgIpc) is 2.82. The summed E-state index contributed by atoms with van der Waals surface area (Å²) in [5, 5.41) is 7.29. The highest BCUT2D eigenvalue weighted by atomic mass is 16.2. The number of carbonyl (C=O) groups is 1. The lowest BCUT2D eigenvalue weighted by Gasteiger charge is -2.22. The molecular formula is C15H27N5O. The smallest absolute Gasteiger partial charge is 0.234 e. The first kappa shape index (κ1) is 15.9. The van der Waals surface area contributed by atoms with Gasteiger partial charge in [-0.1, -0.05) is 19.8 Å². The Morgan fingerprint density at radius 3 is 2.62 bits per heavy atom. The van der Waals surface area contributed by atoms with E-state index >= 15 is 0 Å². The van der Waals surface area contributed by atoms with Gasteiger partial charge in [-0.3, -0.25) is 9.69 Å². The second kappa shape index (κ2) is 8.12. The second-order valence-corrected chi connectivity index (χ2v) is 5.65. The summed E-state index contributed by atoms with van der Waals surface area (Å²) in [6.45, 7) is 7.44. The standard InChI is InChI=1S/C15H27N5O/c1-3-13(15-16-12-17-20(15)4-2)18-14(21)11-19-9-7-5-6-8-10-19/h12-13H,3-11H2,1-2H3,(H,18,21)/t13-/m0/s1. The predicted molar refractivity (Wildman–Crippen MR) is 81.8 cm³/mol. The number of nitrogens with one attached hydrogen (secondary N) is 1. The largest absolute Gasteiger partial charge is 0.345 e. The van der Waals surface area contributed by atoms with Gasteiger partial charge in [0.05, 0.1) is 12.6 Å². The molecule has 1 aromatic heterocycles. The van der Waals surface area contributed by atoms with Crippen molar-refractivity contribution in [3.8, 4) is 0 Å². The molecule has 0 bridgehead atoms. The zero-order chi connectivity index (χ0) is 15.1. The molecule has 21 heavy (non-hydrogen) atoms. The number of hydrogen-bond donors (Lipinski definition) is 1. The number of aryl methyl sites for hydroxylation is 1. The molecule has 0 spiro atoms. The molecule has 1 atom stereocenters. The van der Waals surface area contributed by atoms with Crippen LogP contribution in [0.3, 0.4) is 0 Å². The van der Waals surface area contributed by atoms with Crippen molar-refractivity contribution in [2.45, 2.75) is 58.5 Å².